The van der Waals surface area contributed by atoms with Crippen LogP contribution in [-0.4, -0.2) is 39.9 Å². The number of urea groups is 1. The van der Waals surface area contributed by atoms with Gasteiger partial charge in [-0.15, -0.1) is 11.3 Å². The molecule has 0 radical (unpaired) electrons. The topological polar surface area (TPSA) is 87.2 Å². The summed E-state index contributed by atoms with van der Waals surface area (Å²) in [5, 5.41) is 8.75. The number of carbonyl (C=O) groups is 2. The summed E-state index contributed by atoms with van der Waals surface area (Å²) in [6.45, 7) is 1.56. The molecule has 4 rings (SSSR count). The number of pyridine rings is 1. The van der Waals surface area contributed by atoms with Crippen LogP contribution in [0.15, 0.2) is 60.2 Å². The molecule has 7 nitrogen and oxygen atoms in total. The van der Waals surface area contributed by atoms with E-state index < -0.39 is 0 Å². The van der Waals surface area contributed by atoms with E-state index >= 15 is 0 Å². The fourth-order valence-electron chi connectivity index (χ4n) is 3.42. The van der Waals surface area contributed by atoms with E-state index in [-0.39, 0.29) is 17.9 Å². The molecule has 2 N–H and O–H groups in total. The predicted molar refractivity (Wildman–Crippen MR) is 117 cm³/mol. The third-order valence-corrected chi connectivity index (χ3v) is 5.97. The van der Waals surface area contributed by atoms with Crippen molar-refractivity contribution in [2.75, 3.05) is 18.4 Å². The number of hydrogen-bond donors (Lipinski definition) is 2. The second-order valence-electron chi connectivity index (χ2n) is 7.14. The van der Waals surface area contributed by atoms with Crippen LogP contribution in [0.25, 0.3) is 11.3 Å². The SMILES string of the molecule is O=C(NCc1nc(-c2ccncc2)cs1)C1CCN(C(=O)Nc2ccccc2)CC1. The fourth-order valence-corrected chi connectivity index (χ4v) is 4.17. The first-order chi connectivity index (χ1) is 14.7. The number of aromatic nitrogens is 2. The average molecular weight is 422 g/mol. The van der Waals surface area contributed by atoms with Crippen LogP contribution in [0.1, 0.15) is 17.8 Å². The van der Waals surface area contributed by atoms with E-state index in [0.717, 1.165) is 22.0 Å². The van der Waals surface area contributed by atoms with Crippen molar-refractivity contribution in [3.63, 3.8) is 0 Å². The van der Waals surface area contributed by atoms with Gasteiger partial charge in [0.1, 0.15) is 5.01 Å². The van der Waals surface area contributed by atoms with Crippen molar-refractivity contribution in [2.45, 2.75) is 19.4 Å². The molecule has 154 valence electrons. The molecular formula is C22H23N5O2S. The standard InChI is InChI=1S/C22H23N5O2S/c28-21(24-14-20-26-19(15-30-20)16-6-10-23-11-7-16)17-8-12-27(13-9-17)22(29)25-18-4-2-1-3-5-18/h1-7,10-11,15,17H,8-9,12-14H2,(H,24,28)(H,25,29). The molecule has 0 saturated carbocycles. The van der Waals surface area contributed by atoms with Gasteiger partial charge in [0.2, 0.25) is 5.91 Å². The first-order valence-electron chi connectivity index (χ1n) is 9.92. The number of hydrogen-bond acceptors (Lipinski definition) is 5. The normalized spacial score (nSPS) is 14.3. The molecule has 0 unspecified atom stereocenters. The molecule has 1 saturated heterocycles. The molecule has 1 fully saturated rings. The Morgan fingerprint density at radius 3 is 2.53 bits per heavy atom. The van der Waals surface area contributed by atoms with Gasteiger partial charge in [-0.1, -0.05) is 18.2 Å². The summed E-state index contributed by atoms with van der Waals surface area (Å²) in [7, 11) is 0. The number of nitrogens with zero attached hydrogens (tertiary/aromatic N) is 3. The maximum Gasteiger partial charge on any atom is 0.321 e. The van der Waals surface area contributed by atoms with Crippen LogP contribution in [0.5, 0.6) is 0 Å². The smallest absolute Gasteiger partial charge is 0.321 e. The van der Waals surface area contributed by atoms with Gasteiger partial charge < -0.3 is 15.5 Å². The number of nitrogens with one attached hydrogen (secondary N) is 2. The van der Waals surface area contributed by atoms with Crippen molar-refractivity contribution in [1.29, 1.82) is 0 Å². The number of carbonyl (C=O) groups excluding carboxylic acids is 2. The van der Waals surface area contributed by atoms with Gasteiger partial charge in [0, 0.05) is 48.0 Å². The average Bonchev–Trinajstić information content (AvgIpc) is 3.28. The maximum absolute atomic E-state index is 12.6. The van der Waals surface area contributed by atoms with Gasteiger partial charge in [0.15, 0.2) is 0 Å². The highest BCUT2D eigenvalue weighted by molar-refractivity contribution is 7.09. The first-order valence-corrected chi connectivity index (χ1v) is 10.8. The highest BCUT2D eigenvalue weighted by Crippen LogP contribution is 2.22. The van der Waals surface area contributed by atoms with Crippen LogP contribution >= 0.6 is 11.3 Å². The van der Waals surface area contributed by atoms with E-state index in [1.165, 1.54) is 11.3 Å². The zero-order valence-electron chi connectivity index (χ0n) is 16.5. The lowest BCUT2D eigenvalue weighted by Gasteiger charge is -2.31. The van der Waals surface area contributed by atoms with E-state index in [9.17, 15) is 9.59 Å². The summed E-state index contributed by atoms with van der Waals surface area (Å²) >= 11 is 1.53. The molecule has 0 atom stereocenters. The first kappa shape index (κ1) is 20.0. The number of rotatable bonds is 5. The summed E-state index contributed by atoms with van der Waals surface area (Å²) < 4.78 is 0. The van der Waals surface area contributed by atoms with Crippen molar-refractivity contribution in [1.82, 2.24) is 20.2 Å². The van der Waals surface area contributed by atoms with E-state index in [4.69, 9.17) is 0 Å². The summed E-state index contributed by atoms with van der Waals surface area (Å²) in [6, 6.07) is 13.1. The molecule has 1 aliphatic heterocycles. The molecule has 0 aliphatic carbocycles. The van der Waals surface area contributed by atoms with Crippen LogP contribution in [0.3, 0.4) is 0 Å². The monoisotopic (exact) mass is 421 g/mol. The Hall–Kier alpha value is -3.26. The van der Waals surface area contributed by atoms with Gasteiger partial charge in [0.25, 0.3) is 0 Å². The lowest BCUT2D eigenvalue weighted by atomic mass is 9.96. The van der Waals surface area contributed by atoms with E-state index in [1.54, 1.807) is 17.3 Å². The molecule has 0 spiro atoms. The number of piperidine rings is 1. The van der Waals surface area contributed by atoms with Crippen LogP contribution < -0.4 is 10.6 Å². The summed E-state index contributed by atoms with van der Waals surface area (Å²) in [5.74, 6) is -0.0517. The van der Waals surface area contributed by atoms with Crippen molar-refractivity contribution in [2.24, 2.45) is 5.92 Å². The van der Waals surface area contributed by atoms with Crippen molar-refractivity contribution >= 4 is 29.0 Å². The van der Waals surface area contributed by atoms with Crippen LogP contribution in [0.2, 0.25) is 0 Å². The summed E-state index contributed by atoms with van der Waals surface area (Å²) in [4.78, 5) is 35.3. The van der Waals surface area contributed by atoms with Gasteiger partial charge in [0.05, 0.1) is 12.2 Å². The maximum atomic E-state index is 12.6. The molecule has 1 aromatic carbocycles. The second-order valence-corrected chi connectivity index (χ2v) is 8.08. The van der Waals surface area contributed by atoms with Gasteiger partial charge in [-0.25, -0.2) is 9.78 Å². The third-order valence-electron chi connectivity index (χ3n) is 5.12. The Balaban J connectivity index is 1.23. The quantitative estimate of drug-likeness (QED) is 0.657. The van der Waals surface area contributed by atoms with Gasteiger partial charge in [-0.2, -0.15) is 0 Å². The minimum absolute atomic E-state index is 0.0266. The third kappa shape index (κ3) is 5.01. The molecular weight excluding hydrogens is 398 g/mol. The molecule has 3 amide bonds. The predicted octanol–water partition coefficient (Wildman–Crippen LogP) is 3.77. The number of benzene rings is 1. The Labute approximate surface area is 179 Å². The van der Waals surface area contributed by atoms with E-state index in [1.807, 2.05) is 47.8 Å². The van der Waals surface area contributed by atoms with Gasteiger partial charge in [-0.3, -0.25) is 9.78 Å². The summed E-state index contributed by atoms with van der Waals surface area (Å²) in [5.41, 5.74) is 2.68. The zero-order valence-corrected chi connectivity index (χ0v) is 17.3. The Morgan fingerprint density at radius 2 is 1.80 bits per heavy atom. The summed E-state index contributed by atoms with van der Waals surface area (Å²) in [6.07, 6.45) is 4.80. The molecule has 8 heteroatoms. The number of thiazole rings is 1. The van der Waals surface area contributed by atoms with Gasteiger partial charge >= 0.3 is 6.03 Å². The molecule has 30 heavy (non-hydrogen) atoms. The molecule has 0 bridgehead atoms. The number of amides is 3. The Kier molecular flexibility index (Phi) is 6.34. The number of anilines is 1. The van der Waals surface area contributed by atoms with Crippen molar-refractivity contribution < 1.29 is 9.59 Å². The second kappa shape index (κ2) is 9.49. The van der Waals surface area contributed by atoms with Crippen LogP contribution in [0, 0.1) is 5.92 Å². The number of para-hydroxylation sites is 1. The van der Waals surface area contributed by atoms with Crippen molar-refractivity contribution in [3.05, 3.63) is 65.2 Å². The van der Waals surface area contributed by atoms with Crippen molar-refractivity contribution in [3.8, 4) is 11.3 Å². The highest BCUT2D eigenvalue weighted by atomic mass is 32.1. The fraction of sp³-hybridized carbons (Fsp3) is 0.273. The van der Waals surface area contributed by atoms with E-state index in [0.29, 0.717) is 32.5 Å². The largest absolute Gasteiger partial charge is 0.349 e. The molecule has 2 aromatic heterocycles. The Morgan fingerprint density at radius 1 is 1.07 bits per heavy atom. The molecule has 3 heterocycles. The van der Waals surface area contributed by atoms with Gasteiger partial charge in [-0.05, 0) is 37.1 Å². The lowest BCUT2D eigenvalue weighted by molar-refractivity contribution is -0.126. The van der Waals surface area contributed by atoms with Crippen LogP contribution in [0.4, 0.5) is 10.5 Å². The molecule has 1 aliphatic rings. The zero-order chi connectivity index (χ0) is 20.8. The minimum Gasteiger partial charge on any atom is -0.349 e. The highest BCUT2D eigenvalue weighted by Gasteiger charge is 2.27. The number of likely N-dealkylation sites (tertiary alicyclic amines) is 1. The Bertz CT molecular complexity index is 985. The van der Waals surface area contributed by atoms with E-state index in [2.05, 4.69) is 20.6 Å². The molecule has 3 aromatic rings. The lowest BCUT2D eigenvalue weighted by Crippen LogP contribution is -2.44. The minimum atomic E-state index is -0.119. The van der Waals surface area contributed by atoms with Crippen LogP contribution in [-0.2, 0) is 11.3 Å².